The van der Waals surface area contributed by atoms with Crippen LogP contribution in [0.1, 0.15) is 42.9 Å². The van der Waals surface area contributed by atoms with Crippen molar-refractivity contribution >= 4 is 0 Å². The molecule has 1 nitrogen and oxygen atoms in total. The number of aromatic nitrogens is 1. The molecule has 98 valence electrons. The molecule has 0 aliphatic heterocycles. The van der Waals surface area contributed by atoms with Gasteiger partial charge in [0.2, 0.25) is 0 Å². The predicted molar refractivity (Wildman–Crippen MR) is 80.3 cm³/mol. The van der Waals surface area contributed by atoms with Gasteiger partial charge in [0.25, 0.3) is 0 Å². The Balaban J connectivity index is 2.01. The van der Waals surface area contributed by atoms with E-state index in [0.717, 1.165) is 12.8 Å². The lowest BCUT2D eigenvalue weighted by molar-refractivity contribution is 0.715. The van der Waals surface area contributed by atoms with Crippen LogP contribution in [-0.2, 0) is 19.3 Å². The Morgan fingerprint density at radius 3 is 2.74 bits per heavy atom. The minimum absolute atomic E-state index is 1.14. The van der Waals surface area contributed by atoms with Crippen LogP contribution in [0.25, 0.3) is 11.1 Å². The summed E-state index contributed by atoms with van der Waals surface area (Å²) >= 11 is 0. The highest BCUT2D eigenvalue weighted by atomic mass is 14.6. The smallest absolute Gasteiger partial charge is 0.0306 e. The molecule has 1 aliphatic carbocycles. The first-order valence-electron chi connectivity index (χ1n) is 7.44. The Morgan fingerprint density at radius 1 is 1.00 bits per heavy atom. The summed E-state index contributed by atoms with van der Waals surface area (Å²) in [7, 11) is 0. The third-order valence-corrected chi connectivity index (χ3v) is 4.10. The van der Waals surface area contributed by atoms with Crippen molar-refractivity contribution in [2.45, 2.75) is 45.4 Å². The molecule has 1 heterocycles. The molecular weight excluding hydrogens is 230 g/mol. The van der Waals surface area contributed by atoms with Crippen molar-refractivity contribution in [1.29, 1.82) is 0 Å². The summed E-state index contributed by atoms with van der Waals surface area (Å²) in [6.45, 7) is 2.26. The molecule has 0 atom stereocenters. The van der Waals surface area contributed by atoms with Gasteiger partial charge >= 0.3 is 0 Å². The van der Waals surface area contributed by atoms with Crippen molar-refractivity contribution in [3.63, 3.8) is 0 Å². The maximum atomic E-state index is 4.45. The monoisotopic (exact) mass is 251 g/mol. The summed E-state index contributed by atoms with van der Waals surface area (Å²) in [5, 5.41) is 0. The molecule has 0 radical (unpaired) electrons. The zero-order valence-electron chi connectivity index (χ0n) is 11.7. The molecule has 1 heteroatoms. The highest BCUT2D eigenvalue weighted by Crippen LogP contribution is 2.35. The van der Waals surface area contributed by atoms with Gasteiger partial charge in [-0.1, -0.05) is 44.0 Å². The van der Waals surface area contributed by atoms with Crippen LogP contribution in [0, 0.1) is 0 Å². The molecule has 1 aromatic carbocycles. The number of hydrogen-bond acceptors (Lipinski definition) is 1. The fraction of sp³-hybridized carbons (Fsp3) is 0.389. The molecule has 1 aliphatic rings. The van der Waals surface area contributed by atoms with Crippen molar-refractivity contribution in [3.05, 3.63) is 53.3 Å². The molecule has 19 heavy (non-hydrogen) atoms. The molecule has 0 fully saturated rings. The number of unbranched alkanes of at least 4 members (excludes halogenated alkanes) is 2. The topological polar surface area (TPSA) is 12.9 Å². The van der Waals surface area contributed by atoms with Crippen molar-refractivity contribution in [1.82, 2.24) is 4.98 Å². The molecule has 0 saturated heterocycles. The molecule has 2 aromatic rings. The van der Waals surface area contributed by atoms with Gasteiger partial charge in [-0.25, -0.2) is 0 Å². The van der Waals surface area contributed by atoms with Crippen molar-refractivity contribution in [2.24, 2.45) is 0 Å². The average molecular weight is 251 g/mol. The van der Waals surface area contributed by atoms with Crippen LogP contribution in [0.15, 0.2) is 36.7 Å². The van der Waals surface area contributed by atoms with Crippen molar-refractivity contribution < 1.29 is 0 Å². The molecule has 0 amide bonds. The van der Waals surface area contributed by atoms with Gasteiger partial charge in [-0.15, -0.1) is 0 Å². The molecule has 1 aromatic heterocycles. The van der Waals surface area contributed by atoms with Crippen LogP contribution in [0.3, 0.4) is 0 Å². The Morgan fingerprint density at radius 2 is 1.84 bits per heavy atom. The van der Waals surface area contributed by atoms with E-state index in [9.17, 15) is 0 Å². The van der Waals surface area contributed by atoms with E-state index in [1.807, 2.05) is 0 Å². The van der Waals surface area contributed by atoms with E-state index in [4.69, 9.17) is 0 Å². The average Bonchev–Trinajstić information content (AvgIpc) is 2.47. The number of benzene rings is 1. The summed E-state index contributed by atoms with van der Waals surface area (Å²) in [5.41, 5.74) is 7.30. The van der Waals surface area contributed by atoms with Crippen LogP contribution < -0.4 is 0 Å². The normalized spacial score (nSPS) is 12.9. The number of fused-ring (bicyclic) bond motifs is 3. The van der Waals surface area contributed by atoms with E-state index in [2.05, 4.69) is 48.6 Å². The lowest BCUT2D eigenvalue weighted by atomic mass is 9.83. The van der Waals surface area contributed by atoms with E-state index < -0.39 is 0 Å². The van der Waals surface area contributed by atoms with Crippen LogP contribution in [0.2, 0.25) is 0 Å². The number of nitrogens with zero attached hydrogens (tertiary/aromatic N) is 1. The molecule has 0 bridgehead atoms. The second-order valence-electron chi connectivity index (χ2n) is 5.45. The standard InChI is InChI=1S/C18H21N/c1-2-3-4-8-15-12-19-13-16-11-10-14-7-5-6-9-17(14)18(15)16/h5-7,9,12-13H,2-4,8,10-11H2,1H3. The number of rotatable bonds is 4. The fourth-order valence-electron chi connectivity index (χ4n) is 3.09. The lowest BCUT2D eigenvalue weighted by Crippen LogP contribution is -2.07. The summed E-state index contributed by atoms with van der Waals surface area (Å²) in [6, 6.07) is 8.86. The number of aryl methyl sites for hydroxylation is 3. The fourth-order valence-corrected chi connectivity index (χ4v) is 3.09. The maximum absolute atomic E-state index is 4.45. The van der Waals surface area contributed by atoms with Gasteiger partial charge in [-0.3, -0.25) is 4.98 Å². The molecule has 0 N–H and O–H groups in total. The first kappa shape index (κ1) is 12.4. The van der Waals surface area contributed by atoms with Crippen LogP contribution >= 0.6 is 0 Å². The zero-order chi connectivity index (χ0) is 13.1. The van der Waals surface area contributed by atoms with E-state index in [0.29, 0.717) is 0 Å². The third kappa shape index (κ3) is 2.42. The van der Waals surface area contributed by atoms with Gasteiger partial charge in [0.1, 0.15) is 0 Å². The second kappa shape index (κ2) is 5.56. The van der Waals surface area contributed by atoms with Gasteiger partial charge in [0.15, 0.2) is 0 Å². The SMILES string of the molecule is CCCCCc1cncc2c1-c1ccccc1CC2. The first-order valence-corrected chi connectivity index (χ1v) is 7.44. The van der Waals surface area contributed by atoms with Gasteiger partial charge in [0.05, 0.1) is 0 Å². The molecule has 0 unspecified atom stereocenters. The van der Waals surface area contributed by atoms with Gasteiger partial charge in [0, 0.05) is 12.4 Å². The quantitative estimate of drug-likeness (QED) is 0.725. The summed E-state index contributed by atoms with van der Waals surface area (Å²) < 4.78 is 0. The summed E-state index contributed by atoms with van der Waals surface area (Å²) in [4.78, 5) is 4.45. The lowest BCUT2D eigenvalue weighted by Gasteiger charge is -2.22. The number of pyridine rings is 1. The molecule has 3 rings (SSSR count). The highest BCUT2D eigenvalue weighted by molar-refractivity contribution is 5.75. The summed E-state index contributed by atoms with van der Waals surface area (Å²) in [6.07, 6.45) is 11.5. The van der Waals surface area contributed by atoms with Gasteiger partial charge in [-0.2, -0.15) is 0 Å². The Bertz CT molecular complexity index is 572. The van der Waals surface area contributed by atoms with Gasteiger partial charge < -0.3 is 0 Å². The van der Waals surface area contributed by atoms with Crippen LogP contribution in [-0.4, -0.2) is 4.98 Å². The minimum Gasteiger partial charge on any atom is -0.264 e. The van der Waals surface area contributed by atoms with Crippen molar-refractivity contribution in [2.75, 3.05) is 0 Å². The van der Waals surface area contributed by atoms with E-state index in [-0.39, 0.29) is 0 Å². The van der Waals surface area contributed by atoms with Crippen molar-refractivity contribution in [3.8, 4) is 11.1 Å². The molecule has 0 spiro atoms. The van der Waals surface area contributed by atoms with Gasteiger partial charge in [-0.05, 0) is 53.5 Å². The largest absolute Gasteiger partial charge is 0.264 e. The maximum Gasteiger partial charge on any atom is 0.0306 e. The predicted octanol–water partition coefficient (Wildman–Crippen LogP) is 4.58. The zero-order valence-corrected chi connectivity index (χ0v) is 11.7. The minimum atomic E-state index is 1.14. The van der Waals surface area contributed by atoms with E-state index in [1.54, 1.807) is 0 Å². The molecular formula is C18H21N. The summed E-state index contributed by atoms with van der Waals surface area (Å²) in [5.74, 6) is 0. The van der Waals surface area contributed by atoms with E-state index >= 15 is 0 Å². The Hall–Kier alpha value is -1.63. The third-order valence-electron chi connectivity index (χ3n) is 4.10. The van der Waals surface area contributed by atoms with Crippen LogP contribution in [0.4, 0.5) is 0 Å². The van der Waals surface area contributed by atoms with Crippen LogP contribution in [0.5, 0.6) is 0 Å². The highest BCUT2D eigenvalue weighted by Gasteiger charge is 2.18. The van der Waals surface area contributed by atoms with E-state index in [1.165, 1.54) is 53.5 Å². The second-order valence-corrected chi connectivity index (χ2v) is 5.45. The Kier molecular flexibility index (Phi) is 3.63. The molecule has 0 saturated carbocycles. The first-order chi connectivity index (χ1) is 9.40. The Labute approximate surface area is 115 Å². The number of hydrogen-bond donors (Lipinski definition) is 0.